The number of nitrogens with two attached hydrogens (primary N) is 1. The van der Waals surface area contributed by atoms with E-state index in [4.69, 9.17) is 10.5 Å². The van der Waals surface area contributed by atoms with Crippen LogP contribution in [0.1, 0.15) is 12.0 Å². The molecule has 2 nitrogen and oxygen atoms in total. The van der Waals surface area contributed by atoms with Crippen molar-refractivity contribution < 1.29 is 9.13 Å². The van der Waals surface area contributed by atoms with Gasteiger partial charge in [0.25, 0.3) is 0 Å². The quantitative estimate of drug-likeness (QED) is 0.490. The lowest BCUT2D eigenvalue weighted by Gasteiger charge is -2.07. The van der Waals surface area contributed by atoms with Crippen molar-refractivity contribution in [2.24, 2.45) is 0 Å². The van der Waals surface area contributed by atoms with Crippen molar-refractivity contribution in [2.75, 3.05) is 18.1 Å². The summed E-state index contributed by atoms with van der Waals surface area (Å²) in [5, 5.41) is 0. The van der Waals surface area contributed by atoms with Gasteiger partial charge in [0.05, 0.1) is 6.61 Å². The van der Waals surface area contributed by atoms with Gasteiger partial charge in [-0.3, -0.25) is 0 Å². The summed E-state index contributed by atoms with van der Waals surface area (Å²) in [6.45, 7) is 2.67. The molecule has 0 aliphatic carbocycles. The van der Waals surface area contributed by atoms with Crippen LogP contribution >= 0.6 is 11.8 Å². The maximum Gasteiger partial charge on any atom is 0.138 e. The molecule has 2 aromatic rings. The summed E-state index contributed by atoms with van der Waals surface area (Å²) >= 11 is 1.48. The van der Waals surface area contributed by atoms with E-state index in [9.17, 15) is 4.39 Å². The summed E-state index contributed by atoms with van der Waals surface area (Å²) in [7, 11) is 0. The molecular formula is C16H18FNOS. The number of rotatable bonds is 6. The van der Waals surface area contributed by atoms with E-state index in [2.05, 4.69) is 0 Å². The third-order valence-corrected chi connectivity index (χ3v) is 3.90. The van der Waals surface area contributed by atoms with Crippen LogP contribution in [0, 0.1) is 12.7 Å². The molecule has 0 saturated carbocycles. The van der Waals surface area contributed by atoms with Gasteiger partial charge in [-0.05, 0) is 49.2 Å². The molecule has 4 heteroatoms. The van der Waals surface area contributed by atoms with Gasteiger partial charge in [0.1, 0.15) is 11.6 Å². The lowest BCUT2D eigenvalue weighted by Crippen LogP contribution is -1.99. The van der Waals surface area contributed by atoms with Crippen molar-refractivity contribution in [3.63, 3.8) is 0 Å². The number of ether oxygens (including phenoxy) is 1. The molecule has 0 unspecified atom stereocenters. The van der Waals surface area contributed by atoms with Crippen LogP contribution < -0.4 is 10.5 Å². The first-order valence-electron chi connectivity index (χ1n) is 6.52. The maximum atomic E-state index is 13.5. The van der Waals surface area contributed by atoms with Gasteiger partial charge in [0.15, 0.2) is 0 Å². The molecular weight excluding hydrogens is 273 g/mol. The zero-order valence-electron chi connectivity index (χ0n) is 11.4. The number of halogens is 1. The standard InChI is InChI=1S/C16H18FNOS/c1-12-4-2-5-14(10-12)19-8-3-9-20-16-7-6-13(18)11-15(16)17/h2,4-7,10-11H,3,8-9,18H2,1H3. The fourth-order valence-corrected chi connectivity index (χ4v) is 2.61. The van der Waals surface area contributed by atoms with Crippen LogP contribution in [-0.2, 0) is 0 Å². The molecule has 0 fully saturated rings. The smallest absolute Gasteiger partial charge is 0.138 e. The maximum absolute atomic E-state index is 13.5. The summed E-state index contributed by atoms with van der Waals surface area (Å²) in [6.07, 6.45) is 0.864. The van der Waals surface area contributed by atoms with E-state index >= 15 is 0 Å². The molecule has 0 spiro atoms. The fourth-order valence-electron chi connectivity index (χ4n) is 1.77. The van der Waals surface area contributed by atoms with Gasteiger partial charge in [0.2, 0.25) is 0 Å². The van der Waals surface area contributed by atoms with Gasteiger partial charge in [-0.25, -0.2) is 4.39 Å². The molecule has 0 saturated heterocycles. The number of nitrogen functional groups attached to an aromatic ring is 1. The molecule has 2 aromatic carbocycles. The Morgan fingerprint density at radius 1 is 1.20 bits per heavy atom. The summed E-state index contributed by atoms with van der Waals surface area (Å²) in [6, 6.07) is 12.7. The molecule has 0 bridgehead atoms. The first kappa shape index (κ1) is 14.7. The molecule has 20 heavy (non-hydrogen) atoms. The molecule has 0 heterocycles. The molecule has 0 aromatic heterocycles. The number of benzene rings is 2. The van der Waals surface area contributed by atoms with Gasteiger partial charge in [-0.15, -0.1) is 11.8 Å². The van der Waals surface area contributed by atoms with Gasteiger partial charge >= 0.3 is 0 Å². The number of thioether (sulfide) groups is 1. The minimum absolute atomic E-state index is 0.255. The summed E-state index contributed by atoms with van der Waals surface area (Å²) in [5.41, 5.74) is 7.15. The van der Waals surface area contributed by atoms with Gasteiger partial charge in [0, 0.05) is 16.3 Å². The molecule has 0 aliphatic rings. The lowest BCUT2D eigenvalue weighted by atomic mass is 10.2. The van der Waals surface area contributed by atoms with Crippen LogP contribution in [0.5, 0.6) is 5.75 Å². The van der Waals surface area contributed by atoms with Gasteiger partial charge < -0.3 is 10.5 Å². The number of anilines is 1. The second-order valence-electron chi connectivity index (χ2n) is 4.56. The van der Waals surface area contributed by atoms with Crippen molar-refractivity contribution in [3.8, 4) is 5.75 Å². The largest absolute Gasteiger partial charge is 0.494 e. The van der Waals surface area contributed by atoms with Crippen LogP contribution in [0.2, 0.25) is 0 Å². The van der Waals surface area contributed by atoms with Crippen LogP contribution in [0.15, 0.2) is 47.4 Å². The Bertz CT molecular complexity index is 574. The highest BCUT2D eigenvalue weighted by molar-refractivity contribution is 7.99. The van der Waals surface area contributed by atoms with Crippen molar-refractivity contribution in [2.45, 2.75) is 18.2 Å². The second kappa shape index (κ2) is 7.20. The van der Waals surface area contributed by atoms with Crippen LogP contribution in [0.25, 0.3) is 0 Å². The van der Waals surface area contributed by atoms with Crippen molar-refractivity contribution >= 4 is 17.4 Å². The Morgan fingerprint density at radius 2 is 2.05 bits per heavy atom. The predicted octanol–water partition coefficient (Wildman–Crippen LogP) is 4.28. The third-order valence-electron chi connectivity index (χ3n) is 2.76. The highest BCUT2D eigenvalue weighted by Crippen LogP contribution is 2.24. The van der Waals surface area contributed by atoms with E-state index < -0.39 is 0 Å². The number of hydrogen-bond acceptors (Lipinski definition) is 3. The second-order valence-corrected chi connectivity index (χ2v) is 5.69. The summed E-state index contributed by atoms with van der Waals surface area (Å²) < 4.78 is 19.2. The minimum atomic E-state index is -0.255. The van der Waals surface area contributed by atoms with E-state index in [-0.39, 0.29) is 5.82 Å². The topological polar surface area (TPSA) is 35.2 Å². The average molecular weight is 291 g/mol. The Labute approximate surface area is 123 Å². The van der Waals surface area contributed by atoms with E-state index in [1.165, 1.54) is 23.4 Å². The molecule has 0 radical (unpaired) electrons. The molecule has 0 aliphatic heterocycles. The third kappa shape index (κ3) is 4.46. The molecule has 0 atom stereocenters. The van der Waals surface area contributed by atoms with Gasteiger partial charge in [-0.2, -0.15) is 0 Å². The van der Waals surface area contributed by atoms with E-state index in [1.807, 2.05) is 31.2 Å². The molecule has 2 N–H and O–H groups in total. The van der Waals surface area contributed by atoms with Crippen LogP contribution in [0.4, 0.5) is 10.1 Å². The normalized spacial score (nSPS) is 10.5. The van der Waals surface area contributed by atoms with E-state index in [1.54, 1.807) is 12.1 Å². The fraction of sp³-hybridized carbons (Fsp3) is 0.250. The first-order valence-corrected chi connectivity index (χ1v) is 7.51. The summed E-state index contributed by atoms with van der Waals surface area (Å²) in [5.74, 6) is 1.44. The van der Waals surface area contributed by atoms with Crippen molar-refractivity contribution in [1.82, 2.24) is 0 Å². The number of hydrogen-bond donors (Lipinski definition) is 1. The highest BCUT2D eigenvalue weighted by Gasteiger charge is 2.03. The van der Waals surface area contributed by atoms with Gasteiger partial charge in [-0.1, -0.05) is 12.1 Å². The SMILES string of the molecule is Cc1cccc(OCCCSc2ccc(N)cc2F)c1. The highest BCUT2D eigenvalue weighted by atomic mass is 32.2. The molecule has 106 valence electrons. The van der Waals surface area contributed by atoms with Crippen LogP contribution in [-0.4, -0.2) is 12.4 Å². The zero-order chi connectivity index (χ0) is 14.4. The molecule has 0 amide bonds. The Hall–Kier alpha value is -1.68. The average Bonchev–Trinajstić information content (AvgIpc) is 2.41. The Balaban J connectivity index is 1.71. The van der Waals surface area contributed by atoms with Crippen molar-refractivity contribution in [3.05, 3.63) is 53.8 Å². The molecule has 2 rings (SSSR count). The van der Waals surface area contributed by atoms with Crippen LogP contribution in [0.3, 0.4) is 0 Å². The Morgan fingerprint density at radius 3 is 2.80 bits per heavy atom. The summed E-state index contributed by atoms with van der Waals surface area (Å²) in [4.78, 5) is 0.634. The zero-order valence-corrected chi connectivity index (χ0v) is 12.3. The number of aryl methyl sites for hydroxylation is 1. The Kier molecular flexibility index (Phi) is 5.30. The minimum Gasteiger partial charge on any atom is -0.494 e. The van der Waals surface area contributed by atoms with E-state index in [0.717, 1.165) is 17.9 Å². The first-order chi connectivity index (χ1) is 9.65. The lowest BCUT2D eigenvalue weighted by molar-refractivity contribution is 0.318. The predicted molar refractivity (Wildman–Crippen MR) is 82.8 cm³/mol. The van der Waals surface area contributed by atoms with E-state index in [0.29, 0.717) is 17.2 Å². The van der Waals surface area contributed by atoms with Crippen molar-refractivity contribution in [1.29, 1.82) is 0 Å². The monoisotopic (exact) mass is 291 g/mol.